The molecule has 2 nitrogen and oxygen atoms in total. The van der Waals surface area contributed by atoms with E-state index in [4.69, 9.17) is 4.74 Å². The van der Waals surface area contributed by atoms with Gasteiger partial charge in [-0.25, -0.2) is 0 Å². The standard InChI is InChI=1S/C10H15NO/c1-3-10(11)8-4-6-9(12-2)7-5-8/h4-7,10H,3,11H2,1-2H3/p+1/t10-/m0/s1. The van der Waals surface area contributed by atoms with Crippen LogP contribution < -0.4 is 10.5 Å². The van der Waals surface area contributed by atoms with Gasteiger partial charge in [0, 0.05) is 12.0 Å². The van der Waals surface area contributed by atoms with Crippen LogP contribution in [-0.4, -0.2) is 7.11 Å². The molecule has 0 bridgehead atoms. The lowest BCUT2D eigenvalue weighted by Gasteiger charge is -2.06. The summed E-state index contributed by atoms with van der Waals surface area (Å²) in [6, 6.07) is 8.49. The number of hydrogen-bond donors (Lipinski definition) is 1. The molecular weight excluding hydrogens is 150 g/mol. The lowest BCUT2D eigenvalue weighted by molar-refractivity contribution is -0.427. The maximum atomic E-state index is 5.06. The van der Waals surface area contributed by atoms with Crippen LogP contribution in [0.4, 0.5) is 0 Å². The van der Waals surface area contributed by atoms with Crippen molar-refractivity contribution < 1.29 is 10.5 Å². The zero-order chi connectivity index (χ0) is 8.97. The molecule has 1 rings (SSSR count). The third-order valence-electron chi connectivity index (χ3n) is 2.08. The molecule has 0 aromatic heterocycles. The molecule has 0 saturated heterocycles. The minimum Gasteiger partial charge on any atom is -0.497 e. The molecule has 0 radical (unpaired) electrons. The summed E-state index contributed by atoms with van der Waals surface area (Å²) in [5, 5.41) is 0. The molecule has 66 valence electrons. The SMILES string of the molecule is CC[C@H]([NH3+])c1ccc(OC)cc1. The summed E-state index contributed by atoms with van der Waals surface area (Å²) < 4.78 is 5.06. The highest BCUT2D eigenvalue weighted by Crippen LogP contribution is 2.16. The Balaban J connectivity index is 2.77. The molecule has 0 aliphatic rings. The lowest BCUT2D eigenvalue weighted by atomic mass is 10.1. The van der Waals surface area contributed by atoms with E-state index in [1.165, 1.54) is 5.56 Å². The topological polar surface area (TPSA) is 36.9 Å². The van der Waals surface area contributed by atoms with E-state index >= 15 is 0 Å². The van der Waals surface area contributed by atoms with Gasteiger partial charge < -0.3 is 10.5 Å². The number of ether oxygens (including phenoxy) is 1. The fourth-order valence-corrected chi connectivity index (χ4v) is 1.11. The second-order valence-electron chi connectivity index (χ2n) is 2.88. The van der Waals surface area contributed by atoms with E-state index < -0.39 is 0 Å². The monoisotopic (exact) mass is 166 g/mol. The zero-order valence-electron chi connectivity index (χ0n) is 7.71. The van der Waals surface area contributed by atoms with Gasteiger partial charge in [-0.1, -0.05) is 6.92 Å². The second kappa shape index (κ2) is 4.12. The smallest absolute Gasteiger partial charge is 0.118 e. The summed E-state index contributed by atoms with van der Waals surface area (Å²) >= 11 is 0. The van der Waals surface area contributed by atoms with Crippen LogP contribution in [0.1, 0.15) is 24.9 Å². The maximum absolute atomic E-state index is 5.06. The molecule has 3 N–H and O–H groups in total. The van der Waals surface area contributed by atoms with Gasteiger partial charge in [0.2, 0.25) is 0 Å². The van der Waals surface area contributed by atoms with Gasteiger partial charge >= 0.3 is 0 Å². The van der Waals surface area contributed by atoms with Crippen molar-refractivity contribution in [2.24, 2.45) is 0 Å². The summed E-state index contributed by atoms with van der Waals surface area (Å²) in [4.78, 5) is 0. The van der Waals surface area contributed by atoms with E-state index in [2.05, 4.69) is 24.8 Å². The van der Waals surface area contributed by atoms with Gasteiger partial charge in [-0.15, -0.1) is 0 Å². The Hall–Kier alpha value is -1.02. The van der Waals surface area contributed by atoms with E-state index in [0.29, 0.717) is 6.04 Å². The van der Waals surface area contributed by atoms with Crippen LogP contribution in [0, 0.1) is 0 Å². The van der Waals surface area contributed by atoms with Crippen LogP contribution in [0.3, 0.4) is 0 Å². The molecule has 2 heteroatoms. The van der Waals surface area contributed by atoms with Crippen LogP contribution in [0.25, 0.3) is 0 Å². The number of benzene rings is 1. The van der Waals surface area contributed by atoms with Crippen molar-refractivity contribution in [3.63, 3.8) is 0 Å². The summed E-state index contributed by atoms with van der Waals surface area (Å²) in [7, 11) is 1.68. The van der Waals surface area contributed by atoms with Crippen LogP contribution in [0.2, 0.25) is 0 Å². The first-order chi connectivity index (χ1) is 5.77. The van der Waals surface area contributed by atoms with Crippen LogP contribution >= 0.6 is 0 Å². The number of quaternary nitrogens is 1. The van der Waals surface area contributed by atoms with Gasteiger partial charge in [-0.05, 0) is 24.3 Å². The molecule has 0 aliphatic carbocycles. The molecule has 1 aromatic rings. The fourth-order valence-electron chi connectivity index (χ4n) is 1.11. The lowest BCUT2D eigenvalue weighted by Crippen LogP contribution is -2.53. The van der Waals surface area contributed by atoms with Crippen molar-refractivity contribution in [2.75, 3.05) is 7.11 Å². The van der Waals surface area contributed by atoms with E-state index in [0.717, 1.165) is 12.2 Å². The average molecular weight is 166 g/mol. The van der Waals surface area contributed by atoms with Crippen LogP contribution in [0.5, 0.6) is 5.75 Å². The Morgan fingerprint density at radius 3 is 2.33 bits per heavy atom. The quantitative estimate of drug-likeness (QED) is 0.723. The van der Waals surface area contributed by atoms with Crippen molar-refractivity contribution >= 4 is 0 Å². The molecule has 0 fully saturated rings. The summed E-state index contributed by atoms with van der Waals surface area (Å²) in [5.41, 5.74) is 5.32. The summed E-state index contributed by atoms with van der Waals surface area (Å²) in [5.74, 6) is 0.905. The number of methoxy groups -OCH3 is 1. The Bertz CT molecular complexity index is 230. The van der Waals surface area contributed by atoms with E-state index in [9.17, 15) is 0 Å². The zero-order valence-corrected chi connectivity index (χ0v) is 7.71. The fraction of sp³-hybridized carbons (Fsp3) is 0.400. The van der Waals surface area contributed by atoms with E-state index in [-0.39, 0.29) is 0 Å². The van der Waals surface area contributed by atoms with Crippen LogP contribution in [0.15, 0.2) is 24.3 Å². The highest BCUT2D eigenvalue weighted by Gasteiger charge is 2.05. The van der Waals surface area contributed by atoms with Crippen molar-refractivity contribution in [3.8, 4) is 5.75 Å². The third-order valence-corrected chi connectivity index (χ3v) is 2.08. The molecule has 0 aliphatic heterocycles. The molecule has 0 heterocycles. The molecule has 12 heavy (non-hydrogen) atoms. The molecule has 1 atom stereocenters. The first-order valence-corrected chi connectivity index (χ1v) is 4.25. The number of rotatable bonds is 3. The van der Waals surface area contributed by atoms with E-state index in [1.807, 2.05) is 12.1 Å². The van der Waals surface area contributed by atoms with E-state index in [1.54, 1.807) is 7.11 Å². The first kappa shape index (κ1) is 9.07. The Kier molecular flexibility index (Phi) is 3.11. The minimum absolute atomic E-state index is 0.399. The predicted octanol–water partition coefficient (Wildman–Crippen LogP) is 1.39. The summed E-state index contributed by atoms with van der Waals surface area (Å²) in [6.45, 7) is 2.14. The van der Waals surface area contributed by atoms with Crippen molar-refractivity contribution in [1.29, 1.82) is 0 Å². The van der Waals surface area contributed by atoms with Gasteiger partial charge in [-0.3, -0.25) is 0 Å². The minimum atomic E-state index is 0.399. The van der Waals surface area contributed by atoms with Crippen LogP contribution in [-0.2, 0) is 0 Å². The maximum Gasteiger partial charge on any atom is 0.118 e. The third kappa shape index (κ3) is 1.98. The van der Waals surface area contributed by atoms with Gasteiger partial charge in [-0.2, -0.15) is 0 Å². The Morgan fingerprint density at radius 1 is 1.33 bits per heavy atom. The predicted molar refractivity (Wildman–Crippen MR) is 48.9 cm³/mol. The molecule has 0 spiro atoms. The van der Waals surface area contributed by atoms with Gasteiger partial charge in [0.1, 0.15) is 11.8 Å². The Morgan fingerprint density at radius 2 is 1.92 bits per heavy atom. The largest absolute Gasteiger partial charge is 0.497 e. The van der Waals surface area contributed by atoms with Gasteiger partial charge in [0.15, 0.2) is 0 Å². The molecule has 0 saturated carbocycles. The highest BCUT2D eigenvalue weighted by atomic mass is 16.5. The normalized spacial score (nSPS) is 12.6. The van der Waals surface area contributed by atoms with Gasteiger partial charge in [0.05, 0.1) is 7.11 Å². The van der Waals surface area contributed by atoms with Crippen molar-refractivity contribution in [2.45, 2.75) is 19.4 Å². The molecule has 0 amide bonds. The second-order valence-corrected chi connectivity index (χ2v) is 2.88. The van der Waals surface area contributed by atoms with Crippen molar-refractivity contribution in [1.82, 2.24) is 0 Å². The summed E-state index contributed by atoms with van der Waals surface area (Å²) in [6.07, 6.45) is 1.08. The number of hydrogen-bond acceptors (Lipinski definition) is 1. The molecule has 1 aromatic carbocycles. The average Bonchev–Trinajstić information content (AvgIpc) is 2.17. The first-order valence-electron chi connectivity index (χ1n) is 4.25. The highest BCUT2D eigenvalue weighted by molar-refractivity contribution is 5.28. The molecule has 0 unspecified atom stereocenters. The van der Waals surface area contributed by atoms with Gasteiger partial charge in [0.25, 0.3) is 0 Å². The van der Waals surface area contributed by atoms with Crippen molar-refractivity contribution in [3.05, 3.63) is 29.8 Å². The Labute approximate surface area is 73.3 Å². The molecular formula is C10H16NO+.